The van der Waals surface area contributed by atoms with Crippen molar-refractivity contribution in [3.05, 3.63) is 30.1 Å². The Morgan fingerprint density at radius 3 is 2.55 bits per heavy atom. The van der Waals surface area contributed by atoms with Crippen molar-refractivity contribution >= 4 is 11.9 Å². The van der Waals surface area contributed by atoms with E-state index in [4.69, 9.17) is 16.3 Å². The summed E-state index contributed by atoms with van der Waals surface area (Å²) in [7, 11) is 0. The van der Waals surface area contributed by atoms with Gasteiger partial charge in [-0.3, -0.25) is 9.59 Å². The molecule has 0 aliphatic carbocycles. The van der Waals surface area contributed by atoms with Gasteiger partial charge in [-0.25, -0.2) is 4.39 Å². The number of benzene rings is 1. The van der Waals surface area contributed by atoms with Gasteiger partial charge in [-0.1, -0.05) is 5.92 Å². The summed E-state index contributed by atoms with van der Waals surface area (Å²) in [6.07, 6.45) is 4.17. The Morgan fingerprint density at radius 2 is 2.05 bits per heavy atom. The predicted molar refractivity (Wildman–Crippen MR) is 69.5 cm³/mol. The highest BCUT2D eigenvalue weighted by Gasteiger charge is 2.23. The number of amides is 1. The molecule has 0 heterocycles. The molecule has 1 amide bonds. The lowest BCUT2D eigenvalue weighted by Gasteiger charge is -2.22. The van der Waals surface area contributed by atoms with E-state index in [1.807, 2.05) is 0 Å². The first-order valence-electron chi connectivity index (χ1n) is 5.80. The van der Waals surface area contributed by atoms with Crippen LogP contribution in [0.15, 0.2) is 24.3 Å². The predicted octanol–water partition coefficient (Wildman–Crippen LogP) is 1.14. The maximum atomic E-state index is 12.7. The molecule has 1 atom stereocenters. The first kappa shape index (κ1) is 15.5. The van der Waals surface area contributed by atoms with Crippen molar-refractivity contribution in [3.8, 4) is 18.1 Å². The highest BCUT2D eigenvalue weighted by atomic mass is 19.1. The maximum absolute atomic E-state index is 12.7. The van der Waals surface area contributed by atoms with Crippen LogP contribution in [0.5, 0.6) is 5.75 Å². The van der Waals surface area contributed by atoms with Crippen molar-refractivity contribution in [2.45, 2.75) is 13.0 Å². The van der Waals surface area contributed by atoms with Crippen LogP contribution in [-0.4, -0.2) is 41.1 Å². The third-order valence-corrected chi connectivity index (χ3v) is 2.39. The number of aliphatic carboxylic acids is 1. The van der Waals surface area contributed by atoms with Crippen molar-refractivity contribution in [1.82, 2.24) is 4.90 Å². The molecule has 6 heteroatoms. The number of terminal acetylenes is 1. The minimum absolute atomic E-state index is 0.123. The number of hydrogen-bond acceptors (Lipinski definition) is 3. The molecule has 1 N–H and O–H groups in total. The molecular weight excluding hydrogens is 265 g/mol. The van der Waals surface area contributed by atoms with Gasteiger partial charge in [0.05, 0.1) is 6.54 Å². The number of hydrogen-bond donors (Lipinski definition) is 1. The van der Waals surface area contributed by atoms with Gasteiger partial charge in [0.1, 0.15) is 18.1 Å². The van der Waals surface area contributed by atoms with Crippen LogP contribution < -0.4 is 4.74 Å². The fraction of sp³-hybridized carbons (Fsp3) is 0.286. The monoisotopic (exact) mass is 279 g/mol. The van der Waals surface area contributed by atoms with Gasteiger partial charge >= 0.3 is 5.97 Å². The summed E-state index contributed by atoms with van der Waals surface area (Å²) in [6.45, 7) is 0.847. The number of ether oxygens (including phenoxy) is 1. The number of carbonyl (C=O) groups excluding carboxylic acids is 1. The van der Waals surface area contributed by atoms with Crippen molar-refractivity contribution in [1.29, 1.82) is 0 Å². The molecule has 0 fully saturated rings. The van der Waals surface area contributed by atoms with Gasteiger partial charge in [-0.2, -0.15) is 0 Å². The Hall–Kier alpha value is -2.55. The van der Waals surface area contributed by atoms with Gasteiger partial charge in [-0.15, -0.1) is 6.42 Å². The lowest BCUT2D eigenvalue weighted by atomic mass is 10.3. The van der Waals surface area contributed by atoms with Gasteiger partial charge < -0.3 is 14.7 Å². The van der Waals surface area contributed by atoms with Crippen molar-refractivity contribution in [2.24, 2.45) is 0 Å². The van der Waals surface area contributed by atoms with Gasteiger partial charge in [0.15, 0.2) is 6.10 Å². The van der Waals surface area contributed by atoms with Crippen LogP contribution in [0.1, 0.15) is 6.92 Å². The minimum Gasteiger partial charge on any atom is -0.481 e. The second-order valence-corrected chi connectivity index (χ2v) is 4.01. The fourth-order valence-corrected chi connectivity index (χ4v) is 1.51. The number of carboxylic acid groups (broad SMARTS) is 1. The molecular formula is C14H14FNO4. The number of halogens is 1. The van der Waals surface area contributed by atoms with Gasteiger partial charge in [0.2, 0.25) is 0 Å². The highest BCUT2D eigenvalue weighted by molar-refractivity contribution is 5.84. The van der Waals surface area contributed by atoms with E-state index in [-0.39, 0.29) is 6.54 Å². The Bertz CT molecular complexity index is 521. The van der Waals surface area contributed by atoms with Gasteiger partial charge in [-0.05, 0) is 31.2 Å². The topological polar surface area (TPSA) is 66.8 Å². The third-order valence-electron chi connectivity index (χ3n) is 2.39. The second kappa shape index (κ2) is 7.14. The maximum Gasteiger partial charge on any atom is 0.323 e. The summed E-state index contributed by atoms with van der Waals surface area (Å²) in [6, 6.07) is 5.15. The first-order valence-corrected chi connectivity index (χ1v) is 5.80. The lowest BCUT2D eigenvalue weighted by Crippen LogP contribution is -2.43. The second-order valence-electron chi connectivity index (χ2n) is 4.01. The molecule has 0 spiro atoms. The molecule has 20 heavy (non-hydrogen) atoms. The van der Waals surface area contributed by atoms with E-state index in [9.17, 15) is 14.0 Å². The quantitative estimate of drug-likeness (QED) is 0.793. The van der Waals surface area contributed by atoms with Crippen LogP contribution in [0.3, 0.4) is 0 Å². The largest absolute Gasteiger partial charge is 0.481 e. The van der Waals surface area contributed by atoms with Crippen LogP contribution in [0.25, 0.3) is 0 Å². The Morgan fingerprint density at radius 1 is 1.45 bits per heavy atom. The minimum atomic E-state index is -1.16. The molecule has 0 saturated heterocycles. The molecule has 5 nitrogen and oxygen atoms in total. The first-order chi connectivity index (χ1) is 9.43. The summed E-state index contributed by atoms with van der Waals surface area (Å²) < 4.78 is 18.1. The zero-order chi connectivity index (χ0) is 15.1. The molecule has 0 saturated carbocycles. The lowest BCUT2D eigenvalue weighted by molar-refractivity contribution is -0.146. The molecule has 1 rings (SSSR count). The third kappa shape index (κ3) is 4.61. The summed E-state index contributed by atoms with van der Waals surface area (Å²) in [4.78, 5) is 23.7. The van der Waals surface area contributed by atoms with Crippen LogP contribution >= 0.6 is 0 Å². The van der Waals surface area contributed by atoms with Crippen molar-refractivity contribution in [3.63, 3.8) is 0 Å². The molecule has 0 aliphatic rings. The molecule has 106 valence electrons. The summed E-state index contributed by atoms with van der Waals surface area (Å²) in [5.74, 6) is 0.394. The van der Waals surface area contributed by atoms with Crippen LogP contribution in [0, 0.1) is 18.2 Å². The van der Waals surface area contributed by atoms with Crippen molar-refractivity contribution < 1.29 is 23.8 Å². The van der Waals surface area contributed by atoms with Crippen LogP contribution in [0.2, 0.25) is 0 Å². The Balaban J connectivity index is 2.71. The average Bonchev–Trinajstić information content (AvgIpc) is 2.39. The molecule has 1 aromatic rings. The SMILES string of the molecule is C#CCN(CC(=O)O)C(=O)C(C)Oc1ccc(F)cc1. The summed E-state index contributed by atoms with van der Waals surface area (Å²) in [5, 5.41) is 8.72. The standard InChI is InChI=1S/C14H14FNO4/c1-3-8-16(9-13(17)18)14(19)10(2)20-12-6-4-11(15)5-7-12/h1,4-7,10H,8-9H2,2H3,(H,17,18). The van der Waals surface area contributed by atoms with E-state index in [2.05, 4.69) is 5.92 Å². The molecule has 1 unspecified atom stereocenters. The van der Waals surface area contributed by atoms with E-state index in [0.717, 1.165) is 4.90 Å². The molecule has 0 aromatic heterocycles. The van der Waals surface area contributed by atoms with Crippen molar-refractivity contribution in [2.75, 3.05) is 13.1 Å². The van der Waals surface area contributed by atoms with Gasteiger partial charge in [0.25, 0.3) is 5.91 Å². The number of carbonyl (C=O) groups is 2. The van der Waals surface area contributed by atoms with Crippen LogP contribution in [0.4, 0.5) is 4.39 Å². The van der Waals surface area contributed by atoms with E-state index in [1.54, 1.807) is 0 Å². The Labute approximate surface area is 116 Å². The summed E-state index contributed by atoms with van der Waals surface area (Å²) in [5.41, 5.74) is 0. The normalized spacial score (nSPS) is 11.2. The van der Waals surface area contributed by atoms with E-state index >= 15 is 0 Å². The highest BCUT2D eigenvalue weighted by Crippen LogP contribution is 2.14. The molecule has 1 aromatic carbocycles. The molecule has 0 bridgehead atoms. The number of nitrogens with zero attached hydrogens (tertiary/aromatic N) is 1. The summed E-state index contributed by atoms with van der Waals surface area (Å²) >= 11 is 0. The van der Waals surface area contributed by atoms with E-state index in [0.29, 0.717) is 5.75 Å². The number of carboxylic acids is 1. The molecule has 0 aliphatic heterocycles. The smallest absolute Gasteiger partial charge is 0.323 e. The van der Waals surface area contributed by atoms with Gasteiger partial charge in [0, 0.05) is 0 Å². The fourth-order valence-electron chi connectivity index (χ4n) is 1.51. The number of rotatable bonds is 6. The Kier molecular flexibility index (Phi) is 5.54. The van der Waals surface area contributed by atoms with E-state index < -0.39 is 30.3 Å². The average molecular weight is 279 g/mol. The zero-order valence-electron chi connectivity index (χ0n) is 10.9. The zero-order valence-corrected chi connectivity index (χ0v) is 10.9. The van der Waals surface area contributed by atoms with E-state index in [1.165, 1.54) is 31.2 Å². The molecule has 0 radical (unpaired) electrons. The van der Waals surface area contributed by atoms with Crippen LogP contribution in [-0.2, 0) is 9.59 Å².